The van der Waals surface area contributed by atoms with Crippen molar-refractivity contribution in [2.24, 2.45) is 0 Å². The molecule has 2 heterocycles. The van der Waals surface area contributed by atoms with Gasteiger partial charge in [0.05, 0.1) is 10.2 Å². The summed E-state index contributed by atoms with van der Waals surface area (Å²) in [4.78, 5) is 11.0. The molecule has 22 heavy (non-hydrogen) atoms. The highest BCUT2D eigenvalue weighted by molar-refractivity contribution is 7.21. The Morgan fingerprint density at radius 2 is 2.09 bits per heavy atom. The zero-order valence-electron chi connectivity index (χ0n) is 12.4. The van der Waals surface area contributed by atoms with Crippen LogP contribution in [-0.4, -0.2) is 37.3 Å². The minimum atomic E-state index is -0.490. The van der Waals surface area contributed by atoms with Crippen LogP contribution in [0.5, 0.6) is 5.75 Å². The van der Waals surface area contributed by atoms with Crippen molar-refractivity contribution < 1.29 is 9.13 Å². The van der Waals surface area contributed by atoms with E-state index in [9.17, 15) is 4.39 Å². The Balaban J connectivity index is 1.90. The molecule has 0 aliphatic rings. The van der Waals surface area contributed by atoms with Gasteiger partial charge in [0.15, 0.2) is 0 Å². The quantitative estimate of drug-likeness (QED) is 0.718. The van der Waals surface area contributed by atoms with Crippen molar-refractivity contribution in [3.63, 3.8) is 0 Å². The Morgan fingerprint density at radius 1 is 1.23 bits per heavy atom. The number of rotatable bonds is 5. The molecule has 0 bridgehead atoms. The lowest BCUT2D eigenvalue weighted by molar-refractivity contribution is 0.273. The van der Waals surface area contributed by atoms with Crippen molar-refractivity contribution in [3.05, 3.63) is 36.5 Å². The number of nitrogens with zero attached hydrogens (tertiary/aromatic N) is 3. The maximum atomic E-state index is 12.2. The molecular weight excluding hydrogens is 301 g/mol. The van der Waals surface area contributed by atoms with E-state index in [0.29, 0.717) is 5.75 Å². The molecule has 0 unspecified atom stereocenters. The monoisotopic (exact) mass is 317 g/mol. The van der Waals surface area contributed by atoms with Crippen LogP contribution in [0.2, 0.25) is 0 Å². The standard InChI is InChI=1S/C16H16FN3OS/c1-20(2)15-6-3-11(10-18-15)16-19-13-5-4-12(21-8-7-17)9-14(13)22-16/h3-6,9-10H,7-8H2,1-2H3. The van der Waals surface area contributed by atoms with Gasteiger partial charge in [-0.15, -0.1) is 11.3 Å². The van der Waals surface area contributed by atoms with Gasteiger partial charge in [-0.1, -0.05) is 0 Å². The molecule has 3 aromatic rings. The number of fused-ring (bicyclic) bond motifs is 1. The van der Waals surface area contributed by atoms with E-state index in [-0.39, 0.29) is 6.61 Å². The summed E-state index contributed by atoms with van der Waals surface area (Å²) in [5.41, 5.74) is 1.89. The van der Waals surface area contributed by atoms with Crippen LogP contribution < -0.4 is 9.64 Å². The van der Waals surface area contributed by atoms with Crippen LogP contribution in [-0.2, 0) is 0 Å². The molecule has 0 fully saturated rings. The highest BCUT2D eigenvalue weighted by atomic mass is 32.1. The van der Waals surface area contributed by atoms with Gasteiger partial charge in [-0.25, -0.2) is 14.4 Å². The largest absolute Gasteiger partial charge is 0.491 e. The predicted octanol–water partition coefficient (Wildman–Crippen LogP) is 3.77. The summed E-state index contributed by atoms with van der Waals surface area (Å²) < 4.78 is 18.5. The number of anilines is 1. The van der Waals surface area contributed by atoms with Crippen molar-refractivity contribution in [3.8, 4) is 16.3 Å². The number of hydrogen-bond donors (Lipinski definition) is 0. The Bertz CT molecular complexity index is 771. The lowest BCUT2D eigenvalue weighted by atomic mass is 10.3. The molecule has 0 saturated carbocycles. The van der Waals surface area contributed by atoms with Crippen LogP contribution in [0.1, 0.15) is 0 Å². The van der Waals surface area contributed by atoms with E-state index in [0.717, 1.165) is 26.6 Å². The topological polar surface area (TPSA) is 38.2 Å². The number of benzene rings is 1. The van der Waals surface area contributed by atoms with Crippen LogP contribution in [0.15, 0.2) is 36.5 Å². The van der Waals surface area contributed by atoms with Crippen molar-refractivity contribution in [1.82, 2.24) is 9.97 Å². The maximum absolute atomic E-state index is 12.2. The molecule has 0 aliphatic heterocycles. The summed E-state index contributed by atoms with van der Waals surface area (Å²) in [7, 11) is 3.91. The summed E-state index contributed by atoms with van der Waals surface area (Å²) in [6.07, 6.45) is 1.83. The SMILES string of the molecule is CN(C)c1ccc(-c2nc3ccc(OCCF)cc3s2)cn1. The average Bonchev–Trinajstić information content (AvgIpc) is 2.96. The number of pyridine rings is 1. The molecule has 0 atom stereocenters. The summed E-state index contributed by atoms with van der Waals surface area (Å²) in [5.74, 6) is 1.58. The van der Waals surface area contributed by atoms with Crippen molar-refractivity contribution in [2.75, 3.05) is 32.3 Å². The summed E-state index contributed by atoms with van der Waals surface area (Å²) in [5, 5.41) is 0.912. The van der Waals surface area contributed by atoms with Crippen LogP contribution in [0.25, 0.3) is 20.8 Å². The summed E-state index contributed by atoms with van der Waals surface area (Å²) in [6, 6.07) is 9.59. The Labute approximate surface area is 132 Å². The van der Waals surface area contributed by atoms with E-state index in [1.54, 1.807) is 11.3 Å². The second-order valence-corrected chi connectivity index (χ2v) is 6.02. The van der Waals surface area contributed by atoms with Gasteiger partial charge in [0.25, 0.3) is 0 Å². The fourth-order valence-electron chi connectivity index (χ4n) is 2.05. The number of ether oxygens (including phenoxy) is 1. The number of thiazole rings is 1. The Hall–Kier alpha value is -2.21. The van der Waals surface area contributed by atoms with E-state index < -0.39 is 6.67 Å². The Kier molecular flexibility index (Phi) is 4.20. The van der Waals surface area contributed by atoms with E-state index in [2.05, 4.69) is 9.97 Å². The van der Waals surface area contributed by atoms with E-state index in [1.807, 2.05) is 55.5 Å². The molecule has 114 valence electrons. The van der Waals surface area contributed by atoms with Crippen LogP contribution >= 0.6 is 11.3 Å². The summed E-state index contributed by atoms with van der Waals surface area (Å²) in [6.45, 7) is -0.414. The molecule has 0 N–H and O–H groups in total. The number of alkyl halides is 1. The normalized spacial score (nSPS) is 10.9. The highest BCUT2D eigenvalue weighted by Gasteiger charge is 2.08. The highest BCUT2D eigenvalue weighted by Crippen LogP contribution is 2.32. The first kappa shape index (κ1) is 14.7. The first-order valence-corrected chi connectivity index (χ1v) is 7.72. The molecule has 6 heteroatoms. The van der Waals surface area contributed by atoms with E-state index >= 15 is 0 Å². The van der Waals surface area contributed by atoms with Gasteiger partial charge in [-0.2, -0.15) is 0 Å². The molecule has 2 aromatic heterocycles. The van der Waals surface area contributed by atoms with Crippen molar-refractivity contribution >= 4 is 27.4 Å². The van der Waals surface area contributed by atoms with E-state index in [1.165, 1.54) is 0 Å². The fraction of sp³-hybridized carbons (Fsp3) is 0.250. The first-order valence-electron chi connectivity index (χ1n) is 6.90. The van der Waals surface area contributed by atoms with Crippen LogP contribution in [0, 0.1) is 0 Å². The Morgan fingerprint density at radius 3 is 2.77 bits per heavy atom. The molecule has 0 saturated heterocycles. The maximum Gasteiger partial charge on any atom is 0.127 e. The lowest BCUT2D eigenvalue weighted by Gasteiger charge is -2.10. The average molecular weight is 317 g/mol. The van der Waals surface area contributed by atoms with Gasteiger partial charge in [-0.05, 0) is 30.3 Å². The fourth-order valence-corrected chi connectivity index (χ4v) is 3.04. The van der Waals surface area contributed by atoms with Crippen molar-refractivity contribution in [2.45, 2.75) is 0 Å². The molecule has 4 nitrogen and oxygen atoms in total. The number of hydrogen-bond acceptors (Lipinski definition) is 5. The third-order valence-corrected chi connectivity index (χ3v) is 4.23. The molecule has 0 radical (unpaired) electrons. The zero-order valence-corrected chi connectivity index (χ0v) is 13.2. The first-order chi connectivity index (χ1) is 10.7. The number of aromatic nitrogens is 2. The third-order valence-electron chi connectivity index (χ3n) is 3.16. The minimum Gasteiger partial charge on any atom is -0.491 e. The molecular formula is C16H16FN3OS. The molecule has 3 rings (SSSR count). The predicted molar refractivity (Wildman–Crippen MR) is 88.6 cm³/mol. The molecule has 0 amide bonds. The molecule has 1 aromatic carbocycles. The van der Waals surface area contributed by atoms with Crippen LogP contribution in [0.4, 0.5) is 10.2 Å². The van der Waals surface area contributed by atoms with Gasteiger partial charge in [-0.3, -0.25) is 0 Å². The lowest BCUT2D eigenvalue weighted by Crippen LogP contribution is -2.09. The van der Waals surface area contributed by atoms with Crippen LogP contribution in [0.3, 0.4) is 0 Å². The third kappa shape index (κ3) is 3.01. The van der Waals surface area contributed by atoms with E-state index in [4.69, 9.17) is 4.74 Å². The minimum absolute atomic E-state index is 0.0765. The molecule has 0 aliphatic carbocycles. The second kappa shape index (κ2) is 6.27. The number of halogens is 1. The van der Waals surface area contributed by atoms with Gasteiger partial charge < -0.3 is 9.64 Å². The van der Waals surface area contributed by atoms with Gasteiger partial charge in [0.1, 0.15) is 29.9 Å². The second-order valence-electron chi connectivity index (χ2n) is 4.99. The molecule has 0 spiro atoms. The van der Waals surface area contributed by atoms with Gasteiger partial charge >= 0.3 is 0 Å². The smallest absolute Gasteiger partial charge is 0.127 e. The van der Waals surface area contributed by atoms with Gasteiger partial charge in [0, 0.05) is 25.9 Å². The van der Waals surface area contributed by atoms with Crippen molar-refractivity contribution in [1.29, 1.82) is 0 Å². The van der Waals surface area contributed by atoms with Gasteiger partial charge in [0.2, 0.25) is 0 Å². The summed E-state index contributed by atoms with van der Waals surface area (Å²) >= 11 is 1.57. The zero-order chi connectivity index (χ0) is 15.5.